The van der Waals surface area contributed by atoms with Crippen molar-refractivity contribution in [1.82, 2.24) is 4.90 Å². The van der Waals surface area contributed by atoms with E-state index in [2.05, 4.69) is 41.9 Å². The third kappa shape index (κ3) is 4.67. The Kier molecular flexibility index (Phi) is 6.62. The van der Waals surface area contributed by atoms with E-state index in [9.17, 15) is 9.59 Å². The highest BCUT2D eigenvalue weighted by atomic mass is 79.9. The monoisotopic (exact) mass is 459 g/mol. The second-order valence-corrected chi connectivity index (χ2v) is 8.75. The van der Waals surface area contributed by atoms with Gasteiger partial charge in [-0.1, -0.05) is 60.1 Å². The molecule has 2 aromatic rings. The summed E-state index contributed by atoms with van der Waals surface area (Å²) in [5.74, 6) is 0.869. The number of carbonyl (C=O) groups excluding carboxylic acids is 2. The van der Waals surface area contributed by atoms with Gasteiger partial charge in [0.15, 0.2) is 0 Å². The maximum Gasteiger partial charge on any atom is 0.293 e. The predicted molar refractivity (Wildman–Crippen MR) is 118 cm³/mol. The Balaban J connectivity index is 1.68. The fourth-order valence-electron chi connectivity index (χ4n) is 2.92. The summed E-state index contributed by atoms with van der Waals surface area (Å²) in [6, 6.07) is 13.7. The molecule has 1 fully saturated rings. The maximum atomic E-state index is 12.6. The van der Waals surface area contributed by atoms with Crippen LogP contribution in [0.25, 0.3) is 6.08 Å². The van der Waals surface area contributed by atoms with Gasteiger partial charge in [-0.2, -0.15) is 0 Å². The van der Waals surface area contributed by atoms with Crippen molar-refractivity contribution < 1.29 is 14.3 Å². The van der Waals surface area contributed by atoms with Gasteiger partial charge >= 0.3 is 0 Å². The lowest BCUT2D eigenvalue weighted by Crippen LogP contribution is -2.32. The van der Waals surface area contributed by atoms with Gasteiger partial charge in [-0.15, -0.1) is 0 Å². The highest BCUT2D eigenvalue weighted by molar-refractivity contribution is 9.10. The van der Waals surface area contributed by atoms with E-state index in [-0.39, 0.29) is 24.3 Å². The van der Waals surface area contributed by atoms with Gasteiger partial charge in [0.05, 0.1) is 11.4 Å². The fourth-order valence-corrected chi connectivity index (χ4v) is 4.17. The van der Waals surface area contributed by atoms with Crippen LogP contribution in [0.2, 0.25) is 0 Å². The molecule has 1 aliphatic rings. The van der Waals surface area contributed by atoms with Crippen LogP contribution in [-0.4, -0.2) is 29.2 Å². The number of halogens is 1. The number of imide groups is 1. The Hall–Kier alpha value is -2.05. The molecule has 4 nitrogen and oxygen atoms in total. The van der Waals surface area contributed by atoms with Crippen molar-refractivity contribution in [3.05, 3.63) is 68.5 Å². The largest absolute Gasteiger partial charge is 0.491 e. The minimum Gasteiger partial charge on any atom is -0.491 e. The van der Waals surface area contributed by atoms with E-state index in [0.29, 0.717) is 10.8 Å². The zero-order chi connectivity index (χ0) is 20.3. The Labute approximate surface area is 178 Å². The van der Waals surface area contributed by atoms with Gasteiger partial charge in [0.1, 0.15) is 12.4 Å². The normalized spacial score (nSPS) is 15.8. The Morgan fingerprint density at radius 2 is 1.93 bits per heavy atom. The van der Waals surface area contributed by atoms with Gasteiger partial charge in [0.25, 0.3) is 11.1 Å². The summed E-state index contributed by atoms with van der Waals surface area (Å²) in [7, 11) is 0. The summed E-state index contributed by atoms with van der Waals surface area (Å²) < 4.78 is 6.81. The maximum absolute atomic E-state index is 12.6. The molecule has 1 aliphatic heterocycles. The molecule has 1 saturated heterocycles. The molecule has 0 atom stereocenters. The molecule has 6 heteroatoms. The summed E-state index contributed by atoms with van der Waals surface area (Å²) >= 11 is 4.43. The summed E-state index contributed by atoms with van der Waals surface area (Å²) in [6.45, 7) is 6.73. The molecule has 0 N–H and O–H groups in total. The number of aryl methyl sites for hydroxylation is 1. The van der Waals surface area contributed by atoms with E-state index in [1.807, 2.05) is 37.3 Å². The molecule has 0 radical (unpaired) electrons. The van der Waals surface area contributed by atoms with Crippen LogP contribution in [0.5, 0.6) is 5.75 Å². The van der Waals surface area contributed by atoms with E-state index in [4.69, 9.17) is 4.74 Å². The molecule has 0 unspecified atom stereocenters. The van der Waals surface area contributed by atoms with Crippen molar-refractivity contribution in [2.24, 2.45) is 0 Å². The van der Waals surface area contributed by atoms with Crippen LogP contribution >= 0.6 is 27.7 Å². The number of nitrogens with zero attached hydrogens (tertiary/aromatic N) is 1. The first kappa shape index (κ1) is 20.7. The minimum absolute atomic E-state index is 0.226. The van der Waals surface area contributed by atoms with Gasteiger partial charge < -0.3 is 4.74 Å². The first-order valence-electron chi connectivity index (χ1n) is 9.10. The lowest BCUT2D eigenvalue weighted by Gasteiger charge is -2.17. The molecular weight excluding hydrogens is 438 g/mol. The van der Waals surface area contributed by atoms with E-state index >= 15 is 0 Å². The lowest BCUT2D eigenvalue weighted by molar-refractivity contribution is -0.123. The Morgan fingerprint density at radius 3 is 2.64 bits per heavy atom. The average molecular weight is 460 g/mol. The number of thioether (sulfide) groups is 1. The predicted octanol–water partition coefficient (Wildman–Crippen LogP) is 6.00. The standard InChI is InChI=1S/C22H22BrNO3S/c1-14(2)17-9-8-15(3)12-19(17)27-11-10-24-21(25)20(28-22(24)26)13-16-6-4-5-7-18(16)23/h4-9,12-14H,10-11H2,1-3H3/b20-13-. The third-order valence-corrected chi connectivity index (χ3v) is 6.06. The average Bonchev–Trinajstić information content (AvgIpc) is 2.91. The van der Waals surface area contributed by atoms with E-state index in [1.54, 1.807) is 6.08 Å². The van der Waals surface area contributed by atoms with Gasteiger partial charge in [0, 0.05) is 4.47 Å². The molecular formula is C22H22BrNO3S. The molecule has 3 rings (SSSR count). The first-order valence-corrected chi connectivity index (χ1v) is 10.7. The molecule has 1 heterocycles. The van der Waals surface area contributed by atoms with E-state index in [1.165, 1.54) is 4.90 Å². The minimum atomic E-state index is -0.275. The first-order chi connectivity index (χ1) is 13.4. The molecule has 0 spiro atoms. The van der Waals surface area contributed by atoms with Crippen molar-refractivity contribution in [3.8, 4) is 5.75 Å². The van der Waals surface area contributed by atoms with Crippen molar-refractivity contribution in [1.29, 1.82) is 0 Å². The van der Waals surface area contributed by atoms with Crippen molar-refractivity contribution in [3.63, 3.8) is 0 Å². The molecule has 28 heavy (non-hydrogen) atoms. The van der Waals surface area contributed by atoms with Crippen LogP contribution in [0, 0.1) is 6.92 Å². The van der Waals surface area contributed by atoms with Crippen molar-refractivity contribution >= 4 is 44.9 Å². The van der Waals surface area contributed by atoms with Crippen molar-refractivity contribution in [2.75, 3.05) is 13.2 Å². The second kappa shape index (κ2) is 8.97. The van der Waals surface area contributed by atoms with Crippen LogP contribution in [0.3, 0.4) is 0 Å². The smallest absolute Gasteiger partial charge is 0.293 e. The zero-order valence-corrected chi connectivity index (χ0v) is 18.5. The number of hydrogen-bond donors (Lipinski definition) is 0. The number of carbonyl (C=O) groups is 2. The summed E-state index contributed by atoms with van der Waals surface area (Å²) in [6.07, 6.45) is 1.74. The Morgan fingerprint density at radius 1 is 1.18 bits per heavy atom. The van der Waals surface area contributed by atoms with Crippen LogP contribution < -0.4 is 4.74 Å². The topological polar surface area (TPSA) is 46.6 Å². The van der Waals surface area contributed by atoms with Crippen LogP contribution in [0.15, 0.2) is 51.8 Å². The zero-order valence-electron chi connectivity index (χ0n) is 16.1. The van der Waals surface area contributed by atoms with E-state index in [0.717, 1.165) is 38.7 Å². The molecule has 0 aliphatic carbocycles. The van der Waals surface area contributed by atoms with Gasteiger partial charge in [-0.25, -0.2) is 0 Å². The van der Waals surface area contributed by atoms with Crippen LogP contribution in [0.4, 0.5) is 4.79 Å². The summed E-state index contributed by atoms with van der Waals surface area (Å²) in [5, 5.41) is -0.264. The lowest BCUT2D eigenvalue weighted by atomic mass is 10.0. The number of benzene rings is 2. The molecule has 2 amide bonds. The van der Waals surface area contributed by atoms with Crippen molar-refractivity contribution in [2.45, 2.75) is 26.7 Å². The number of rotatable bonds is 6. The highest BCUT2D eigenvalue weighted by Crippen LogP contribution is 2.33. The van der Waals surface area contributed by atoms with Gasteiger partial charge in [-0.05, 0) is 59.5 Å². The number of ether oxygens (including phenoxy) is 1. The second-order valence-electron chi connectivity index (χ2n) is 6.90. The molecule has 0 aromatic heterocycles. The molecule has 2 aromatic carbocycles. The highest BCUT2D eigenvalue weighted by Gasteiger charge is 2.34. The molecule has 0 bridgehead atoms. The SMILES string of the molecule is Cc1ccc(C(C)C)c(OCCN2C(=O)S/C(=C\c3ccccc3Br)C2=O)c1. The quantitative estimate of drug-likeness (QED) is 0.497. The van der Waals surface area contributed by atoms with Gasteiger partial charge in [-0.3, -0.25) is 14.5 Å². The van der Waals surface area contributed by atoms with Crippen LogP contribution in [-0.2, 0) is 4.79 Å². The van der Waals surface area contributed by atoms with Gasteiger partial charge in [0.2, 0.25) is 0 Å². The van der Waals surface area contributed by atoms with Crippen LogP contribution in [0.1, 0.15) is 36.5 Å². The molecule has 146 valence electrons. The Bertz CT molecular complexity index is 939. The number of hydrogen-bond acceptors (Lipinski definition) is 4. The molecule has 0 saturated carbocycles. The number of amides is 2. The summed E-state index contributed by atoms with van der Waals surface area (Å²) in [5.41, 5.74) is 3.10. The fraction of sp³-hybridized carbons (Fsp3) is 0.273. The third-order valence-electron chi connectivity index (χ3n) is 4.43. The van der Waals surface area contributed by atoms with E-state index < -0.39 is 0 Å². The summed E-state index contributed by atoms with van der Waals surface area (Å²) in [4.78, 5) is 26.6.